The number of nitrogens with two attached hydrogens (primary N) is 1. The monoisotopic (exact) mass is 513 g/mol. The van der Waals surface area contributed by atoms with Crippen LogP contribution in [0, 0.1) is 0 Å². The van der Waals surface area contributed by atoms with Gasteiger partial charge >= 0.3 is 0 Å². The first-order valence-corrected chi connectivity index (χ1v) is 13.4. The summed E-state index contributed by atoms with van der Waals surface area (Å²) in [6.07, 6.45) is 6.74. The van der Waals surface area contributed by atoms with Crippen LogP contribution in [-0.2, 0) is 16.0 Å². The molecule has 2 amide bonds. The van der Waals surface area contributed by atoms with E-state index in [4.69, 9.17) is 5.73 Å². The molecule has 1 heterocycles. The van der Waals surface area contributed by atoms with Gasteiger partial charge in [-0.2, -0.15) is 0 Å². The van der Waals surface area contributed by atoms with Crippen molar-refractivity contribution in [2.24, 2.45) is 0 Å². The van der Waals surface area contributed by atoms with Crippen LogP contribution in [0.5, 0.6) is 0 Å². The van der Waals surface area contributed by atoms with Crippen molar-refractivity contribution in [3.8, 4) is 0 Å². The smallest absolute Gasteiger partial charge is 0.251 e. The minimum absolute atomic E-state index is 0. The first-order chi connectivity index (χ1) is 16.7. The summed E-state index contributed by atoms with van der Waals surface area (Å²) >= 11 is 0. The predicted octanol–water partition coefficient (Wildman–Crippen LogP) is 7.36. The fourth-order valence-electron chi connectivity index (χ4n) is 5.10. The van der Waals surface area contributed by atoms with Gasteiger partial charge in [-0.15, -0.1) is 12.4 Å². The molecule has 1 atom stereocenters. The van der Waals surface area contributed by atoms with E-state index in [1.54, 1.807) is 4.90 Å². The highest BCUT2D eigenvalue weighted by Crippen LogP contribution is 2.37. The third-order valence-electron chi connectivity index (χ3n) is 7.06. The minimum atomic E-state index is -0.624. The van der Waals surface area contributed by atoms with Crippen LogP contribution >= 0.6 is 12.4 Å². The first kappa shape index (κ1) is 29.7. The zero-order valence-electron chi connectivity index (χ0n) is 22.6. The number of carbonyl (C=O) groups is 2. The molecule has 0 aromatic heterocycles. The van der Waals surface area contributed by atoms with Crippen molar-refractivity contribution in [3.63, 3.8) is 0 Å². The van der Waals surface area contributed by atoms with Gasteiger partial charge < -0.3 is 16.0 Å². The van der Waals surface area contributed by atoms with Gasteiger partial charge in [-0.3, -0.25) is 9.59 Å². The second-order valence-electron chi connectivity index (χ2n) is 10.5. The maximum absolute atomic E-state index is 14.0. The van der Waals surface area contributed by atoms with Gasteiger partial charge in [0.2, 0.25) is 5.91 Å². The molecule has 2 aromatic carbocycles. The van der Waals surface area contributed by atoms with E-state index in [1.807, 2.05) is 30.3 Å². The minimum Gasteiger partial charge on any atom is -0.399 e. The number of anilines is 2. The Morgan fingerprint density at radius 3 is 2.22 bits per heavy atom. The number of nitrogen functional groups attached to an aromatic ring is 1. The van der Waals surface area contributed by atoms with Crippen LogP contribution in [0.25, 0.3) is 0 Å². The Morgan fingerprint density at radius 2 is 1.61 bits per heavy atom. The average Bonchev–Trinajstić information content (AvgIpc) is 2.83. The lowest BCUT2D eigenvalue weighted by molar-refractivity contribution is -0.139. The van der Waals surface area contributed by atoms with Crippen LogP contribution < -0.4 is 11.1 Å². The van der Waals surface area contributed by atoms with Gasteiger partial charge in [-0.25, -0.2) is 0 Å². The van der Waals surface area contributed by atoms with Crippen molar-refractivity contribution in [1.29, 1.82) is 0 Å². The van der Waals surface area contributed by atoms with Crippen LogP contribution in [0.2, 0.25) is 0 Å². The van der Waals surface area contributed by atoms with Crippen LogP contribution in [0.4, 0.5) is 11.4 Å². The zero-order chi connectivity index (χ0) is 25.5. The van der Waals surface area contributed by atoms with Crippen LogP contribution in [0.1, 0.15) is 113 Å². The molecular weight excluding hydrogens is 470 g/mol. The van der Waals surface area contributed by atoms with E-state index in [0.29, 0.717) is 18.7 Å². The molecule has 5 nitrogen and oxygen atoms in total. The number of nitrogens with one attached hydrogen (secondary N) is 1. The molecule has 1 unspecified atom stereocenters. The van der Waals surface area contributed by atoms with E-state index in [9.17, 15) is 9.59 Å². The molecule has 0 saturated heterocycles. The number of benzene rings is 2. The highest BCUT2D eigenvalue weighted by atomic mass is 35.5. The largest absolute Gasteiger partial charge is 0.399 e. The van der Waals surface area contributed by atoms with Crippen LogP contribution in [-0.4, -0.2) is 23.3 Å². The quantitative estimate of drug-likeness (QED) is 0.257. The SMILES string of the molecule is CCCCCCCC(=O)N1CCc2ccccc2C1C(=O)Nc1c(C(C)C)cc(N)cc1C(C)C.Cl. The van der Waals surface area contributed by atoms with Crippen molar-refractivity contribution in [2.75, 3.05) is 17.6 Å². The van der Waals surface area contributed by atoms with E-state index in [-0.39, 0.29) is 36.1 Å². The summed E-state index contributed by atoms with van der Waals surface area (Å²) in [6, 6.07) is 11.3. The second kappa shape index (κ2) is 13.7. The number of hydrogen-bond acceptors (Lipinski definition) is 3. The fraction of sp³-hybridized carbons (Fsp3) is 0.533. The van der Waals surface area contributed by atoms with E-state index in [1.165, 1.54) is 12.8 Å². The summed E-state index contributed by atoms with van der Waals surface area (Å²) in [6.45, 7) is 11.2. The Balaban J connectivity index is 0.00000456. The average molecular weight is 514 g/mol. The lowest BCUT2D eigenvalue weighted by Crippen LogP contribution is -2.45. The number of rotatable bonds is 10. The number of halogens is 1. The van der Waals surface area contributed by atoms with Gasteiger partial charge in [-0.1, -0.05) is 84.6 Å². The van der Waals surface area contributed by atoms with Gasteiger partial charge in [0.25, 0.3) is 5.91 Å². The van der Waals surface area contributed by atoms with Gasteiger partial charge in [-0.05, 0) is 59.1 Å². The van der Waals surface area contributed by atoms with Crippen molar-refractivity contribution >= 4 is 35.6 Å². The zero-order valence-corrected chi connectivity index (χ0v) is 23.4. The van der Waals surface area contributed by atoms with E-state index < -0.39 is 6.04 Å². The number of hydrogen-bond donors (Lipinski definition) is 2. The number of unbranched alkanes of at least 4 members (excludes halogenated alkanes) is 4. The first-order valence-electron chi connectivity index (χ1n) is 13.4. The predicted molar refractivity (Wildman–Crippen MR) is 153 cm³/mol. The maximum Gasteiger partial charge on any atom is 0.251 e. The molecule has 1 aliphatic heterocycles. The number of nitrogens with zero attached hydrogens (tertiary/aromatic N) is 1. The molecule has 0 spiro atoms. The Hall–Kier alpha value is -2.53. The van der Waals surface area contributed by atoms with Crippen LogP contribution in [0.15, 0.2) is 36.4 Å². The molecule has 0 radical (unpaired) electrons. The fourth-order valence-corrected chi connectivity index (χ4v) is 5.10. The third-order valence-corrected chi connectivity index (χ3v) is 7.06. The number of carbonyl (C=O) groups excluding carboxylic acids is 2. The lowest BCUT2D eigenvalue weighted by Gasteiger charge is -2.37. The lowest BCUT2D eigenvalue weighted by atomic mass is 9.89. The van der Waals surface area contributed by atoms with Gasteiger partial charge in [0.15, 0.2) is 0 Å². The third kappa shape index (κ3) is 7.03. The van der Waals surface area contributed by atoms with Crippen molar-refractivity contribution in [2.45, 2.75) is 97.4 Å². The summed E-state index contributed by atoms with van der Waals surface area (Å²) in [4.78, 5) is 29.1. The molecule has 0 bridgehead atoms. The molecule has 3 rings (SSSR count). The second-order valence-corrected chi connectivity index (χ2v) is 10.5. The molecule has 1 aliphatic rings. The van der Waals surface area contributed by atoms with Gasteiger partial charge in [0.1, 0.15) is 6.04 Å². The molecule has 0 aliphatic carbocycles. The summed E-state index contributed by atoms with van der Waals surface area (Å²) in [5.74, 6) is 0.322. The van der Waals surface area contributed by atoms with Crippen molar-refractivity contribution in [1.82, 2.24) is 4.90 Å². The van der Waals surface area contributed by atoms with Gasteiger partial charge in [0, 0.05) is 24.3 Å². The topological polar surface area (TPSA) is 75.4 Å². The normalized spacial score (nSPS) is 15.0. The molecule has 6 heteroatoms. The highest BCUT2D eigenvalue weighted by molar-refractivity contribution is 6.00. The molecule has 36 heavy (non-hydrogen) atoms. The van der Waals surface area contributed by atoms with Crippen molar-refractivity contribution < 1.29 is 9.59 Å². The number of fused-ring (bicyclic) bond motifs is 1. The molecule has 3 N–H and O–H groups in total. The highest BCUT2D eigenvalue weighted by Gasteiger charge is 2.36. The van der Waals surface area contributed by atoms with E-state index in [0.717, 1.165) is 53.6 Å². The van der Waals surface area contributed by atoms with E-state index in [2.05, 4.69) is 46.0 Å². The Kier molecular flexibility index (Phi) is 11.3. The molecule has 0 saturated carbocycles. The number of amides is 2. The summed E-state index contributed by atoms with van der Waals surface area (Å²) in [5.41, 5.74) is 11.9. The van der Waals surface area contributed by atoms with Crippen molar-refractivity contribution in [3.05, 3.63) is 58.7 Å². The molecule has 0 fully saturated rings. The molecule has 2 aromatic rings. The summed E-state index contributed by atoms with van der Waals surface area (Å²) in [5, 5.41) is 3.26. The summed E-state index contributed by atoms with van der Waals surface area (Å²) in [7, 11) is 0. The maximum atomic E-state index is 14.0. The standard InChI is InChI=1S/C30H43N3O2.ClH/c1-6-7-8-9-10-15-27(34)33-17-16-22-13-11-12-14-24(22)29(33)30(35)32-28-25(20(2)3)18-23(31)19-26(28)21(4)5;/h11-14,18-21,29H,6-10,15-17,31H2,1-5H3,(H,32,35);1H. The van der Waals surface area contributed by atoms with Crippen LogP contribution in [0.3, 0.4) is 0 Å². The van der Waals surface area contributed by atoms with E-state index >= 15 is 0 Å². The summed E-state index contributed by atoms with van der Waals surface area (Å²) < 4.78 is 0. The molecule has 198 valence electrons. The Labute approximate surface area is 223 Å². The Morgan fingerprint density at radius 1 is 1.00 bits per heavy atom. The Bertz CT molecular complexity index is 1010. The molecular formula is C30H44ClN3O2. The van der Waals surface area contributed by atoms with Gasteiger partial charge in [0.05, 0.1) is 0 Å².